The highest BCUT2D eigenvalue weighted by molar-refractivity contribution is 6.69. The van der Waals surface area contributed by atoms with Crippen LogP contribution >= 0.6 is 46.4 Å². The van der Waals surface area contributed by atoms with Gasteiger partial charge in [-0.2, -0.15) is 0 Å². The van der Waals surface area contributed by atoms with E-state index < -0.39 is 82.3 Å². The highest BCUT2D eigenvalue weighted by atomic mass is 35.5. The molecule has 2 unspecified atom stereocenters. The van der Waals surface area contributed by atoms with Gasteiger partial charge in [-0.15, -0.1) is 0 Å². The molecule has 2 spiro atoms. The zero-order chi connectivity index (χ0) is 60.4. The van der Waals surface area contributed by atoms with E-state index in [0.717, 1.165) is 22.4 Å². The quantitative estimate of drug-likeness (QED) is 0.0581. The topological polar surface area (TPSA) is 254 Å². The zero-order valence-electron chi connectivity index (χ0n) is 46.9. The number of rotatable bonds is 6. The second kappa shape index (κ2) is 28.0. The van der Waals surface area contributed by atoms with E-state index in [1.54, 1.807) is 111 Å². The number of oxime groups is 3. The molecule has 0 aromatic heterocycles. The molecule has 5 atom stereocenters. The van der Waals surface area contributed by atoms with Crippen LogP contribution in [-0.4, -0.2) is 158 Å². The Balaban J connectivity index is 0.000000245. The van der Waals surface area contributed by atoms with Crippen molar-refractivity contribution in [2.75, 3.05) is 33.9 Å². The highest BCUT2D eigenvalue weighted by Crippen LogP contribution is 2.41. The lowest BCUT2D eigenvalue weighted by Crippen LogP contribution is -2.44. The first-order chi connectivity index (χ1) is 37.7. The molecule has 3 aromatic rings. The number of ether oxygens (including phenoxy) is 5. The van der Waals surface area contributed by atoms with E-state index in [-0.39, 0.29) is 38.5 Å². The van der Waals surface area contributed by atoms with Crippen LogP contribution in [0.4, 0.5) is 14.4 Å². The maximum absolute atomic E-state index is 12.6. The van der Waals surface area contributed by atoms with Gasteiger partial charge >= 0.3 is 36.2 Å². The number of amides is 3. The lowest BCUT2D eigenvalue weighted by Gasteiger charge is -2.27. The summed E-state index contributed by atoms with van der Waals surface area (Å²) >= 11 is 23.2. The number of esters is 2. The fourth-order valence-electron chi connectivity index (χ4n) is 8.90. The SMILES string of the molecule is C.C=C1C[C@@H](C(=O)OC)N(C(=O)OC(C)(C)C)C1.CC(C)(C)OC(=O)N1CC2(CC(c3cccc(Cl)c3)=NO2)C[C@H]1C(=O)O.COC(=O)[C@@H]1CC2(CC(c3cccc(Cl)c3)=NO2)CN1C(=O)OC(C)(C)C.O/N=C(\Cl)c1cccc(Cl)c1. The average Bonchev–Trinajstić information content (AvgIpc) is 4.15. The van der Waals surface area contributed by atoms with Crippen LogP contribution in [0.3, 0.4) is 0 Å². The van der Waals surface area contributed by atoms with Gasteiger partial charge in [0.2, 0.25) is 0 Å². The van der Waals surface area contributed by atoms with E-state index in [1.807, 2.05) is 24.3 Å². The number of halogens is 4. The number of likely N-dealkylation sites (tertiary alicyclic amines) is 3. The number of aliphatic carboxylic acids is 1. The standard InChI is InChI=1S/C19H23ClN2O5.C18H21ClN2O5.C12H19NO4.C7H5Cl2NO.CH4/c1-18(2,3)26-17(24)22-11-19(10-15(22)16(23)25-4)9-14(21-27-19)12-6-5-7-13(20)8-12;1-17(2,3)25-16(24)21-10-18(9-14(21)15(22)23)8-13(20-26-18)11-5-4-6-12(19)7-11;1-8-6-9(10(14)16-5)13(7-8)11(15)17-12(2,3)4;8-6-3-1-2-5(4-6)7(9)10-11;/h5-8,15H,9-11H2,1-4H3;4-7,14H,8-10H2,1-3H3,(H,22,23);9H,1,6-7H2,2-5H3;1-4,11H;1H4/b;;;10-7-;/t15-,19?;14-,18?;9-;;/m000../s1. The van der Waals surface area contributed by atoms with Crippen molar-refractivity contribution in [2.45, 2.75) is 148 Å². The Hall–Kier alpha value is -6.81. The largest absolute Gasteiger partial charge is 0.480 e. The third-order valence-corrected chi connectivity index (χ3v) is 13.3. The molecule has 8 rings (SSSR count). The van der Waals surface area contributed by atoms with Gasteiger partial charge in [0, 0.05) is 70.4 Å². The lowest BCUT2D eigenvalue weighted by atomic mass is 9.92. The normalized spacial score (nSPS) is 21.8. The minimum atomic E-state index is -1.09. The van der Waals surface area contributed by atoms with Gasteiger partial charge in [0.25, 0.3) is 0 Å². The van der Waals surface area contributed by atoms with E-state index in [2.05, 4.69) is 26.8 Å². The number of hydrogen-bond acceptors (Lipinski definition) is 17. The Kier molecular flexibility index (Phi) is 23.1. The Labute approximate surface area is 497 Å². The fraction of sp³-hybridized carbons (Fsp3) is 0.491. The molecule has 0 saturated carbocycles. The third kappa shape index (κ3) is 18.9. The second-order valence-corrected chi connectivity index (χ2v) is 24.2. The smallest absolute Gasteiger partial charge is 0.411 e. The van der Waals surface area contributed by atoms with Crippen LogP contribution < -0.4 is 0 Å². The van der Waals surface area contributed by atoms with Crippen molar-refractivity contribution in [3.63, 3.8) is 0 Å². The Morgan fingerprint density at radius 3 is 1.41 bits per heavy atom. The number of carboxylic acid groups (broad SMARTS) is 1. The molecule has 5 aliphatic rings. The molecule has 3 amide bonds. The lowest BCUT2D eigenvalue weighted by molar-refractivity contribution is -0.146. The first kappa shape index (κ1) is 67.7. The number of hydrogen-bond donors (Lipinski definition) is 2. The maximum atomic E-state index is 12.6. The monoisotopic (exact) mass is 1220 g/mol. The third-order valence-electron chi connectivity index (χ3n) is 12.3. The van der Waals surface area contributed by atoms with Crippen LogP contribution in [0, 0.1) is 0 Å². The van der Waals surface area contributed by atoms with Crippen molar-refractivity contribution in [1.29, 1.82) is 0 Å². The molecule has 3 fully saturated rings. The van der Waals surface area contributed by atoms with Crippen LogP contribution in [0.1, 0.15) is 119 Å². The zero-order valence-corrected chi connectivity index (χ0v) is 49.9. The van der Waals surface area contributed by atoms with Crippen molar-refractivity contribution in [2.24, 2.45) is 15.5 Å². The predicted octanol–water partition coefficient (Wildman–Crippen LogP) is 11.8. The maximum Gasteiger partial charge on any atom is 0.411 e. The molecule has 21 nitrogen and oxygen atoms in total. The average molecular weight is 1220 g/mol. The van der Waals surface area contributed by atoms with Crippen molar-refractivity contribution in [3.8, 4) is 0 Å². The summed E-state index contributed by atoms with van der Waals surface area (Å²) in [5.74, 6) is -2.03. The van der Waals surface area contributed by atoms with Crippen molar-refractivity contribution < 1.29 is 72.4 Å². The van der Waals surface area contributed by atoms with Gasteiger partial charge in [0.1, 0.15) is 34.9 Å². The predicted molar refractivity (Wildman–Crippen MR) is 310 cm³/mol. The van der Waals surface area contributed by atoms with E-state index in [9.17, 15) is 33.9 Å². The summed E-state index contributed by atoms with van der Waals surface area (Å²) in [6.07, 6.45) is -0.0212. The molecule has 0 bridgehead atoms. The minimum Gasteiger partial charge on any atom is -0.480 e. The molecule has 0 radical (unpaired) electrons. The molecule has 3 saturated heterocycles. The molecular formula is C57H72Cl4N6O15. The Morgan fingerprint density at radius 1 is 0.634 bits per heavy atom. The molecule has 448 valence electrons. The van der Waals surface area contributed by atoms with E-state index >= 15 is 0 Å². The van der Waals surface area contributed by atoms with Crippen LogP contribution in [0.2, 0.25) is 15.1 Å². The fourth-order valence-corrected chi connectivity index (χ4v) is 9.59. The molecule has 5 aliphatic heterocycles. The number of carboxylic acids is 1. The van der Waals surface area contributed by atoms with E-state index in [0.29, 0.717) is 52.2 Å². The molecular weight excluding hydrogens is 1150 g/mol. The summed E-state index contributed by atoms with van der Waals surface area (Å²) in [5.41, 5.74) is 0.887. The Morgan fingerprint density at radius 2 is 1.02 bits per heavy atom. The van der Waals surface area contributed by atoms with Gasteiger partial charge in [0.15, 0.2) is 16.4 Å². The van der Waals surface area contributed by atoms with Crippen LogP contribution in [-0.2, 0) is 47.7 Å². The van der Waals surface area contributed by atoms with Gasteiger partial charge in [-0.25, -0.2) is 28.8 Å². The van der Waals surface area contributed by atoms with Gasteiger partial charge in [-0.3, -0.25) is 14.7 Å². The van der Waals surface area contributed by atoms with Crippen LogP contribution in [0.15, 0.2) is 100 Å². The Bertz CT molecular complexity index is 2940. The molecule has 0 aliphatic carbocycles. The van der Waals surface area contributed by atoms with Gasteiger partial charge in [-0.1, -0.05) is 118 Å². The highest BCUT2D eigenvalue weighted by Gasteiger charge is 2.56. The first-order valence-corrected chi connectivity index (χ1v) is 26.9. The van der Waals surface area contributed by atoms with Crippen LogP contribution in [0.25, 0.3) is 0 Å². The summed E-state index contributed by atoms with van der Waals surface area (Å²) in [6.45, 7) is 20.3. The number of benzene rings is 3. The van der Waals surface area contributed by atoms with Gasteiger partial charge in [0.05, 0.1) is 38.7 Å². The molecule has 3 aromatic carbocycles. The molecule has 2 N–H and O–H groups in total. The number of carbonyl (C=O) groups excluding carboxylic acids is 5. The molecule has 5 heterocycles. The van der Waals surface area contributed by atoms with Gasteiger partial charge < -0.3 is 43.7 Å². The summed E-state index contributed by atoms with van der Waals surface area (Å²) in [4.78, 5) is 87.7. The summed E-state index contributed by atoms with van der Waals surface area (Å²) in [5, 5.41) is 30.8. The second-order valence-electron chi connectivity index (χ2n) is 22.5. The molecule has 82 heavy (non-hydrogen) atoms. The number of methoxy groups -OCH3 is 2. The van der Waals surface area contributed by atoms with Crippen LogP contribution in [0.5, 0.6) is 0 Å². The van der Waals surface area contributed by atoms with Crippen molar-refractivity contribution >= 4 is 99.2 Å². The van der Waals surface area contributed by atoms with Gasteiger partial charge in [-0.05, 0) is 98.7 Å². The number of nitrogens with zero attached hydrogens (tertiary/aromatic N) is 6. The minimum absolute atomic E-state index is 0. The van der Waals surface area contributed by atoms with E-state index in [4.69, 9.17) is 80.2 Å². The van der Waals surface area contributed by atoms with Crippen molar-refractivity contribution in [1.82, 2.24) is 14.7 Å². The van der Waals surface area contributed by atoms with E-state index in [1.165, 1.54) is 28.9 Å². The number of carbonyl (C=O) groups is 6. The summed E-state index contributed by atoms with van der Waals surface area (Å²) < 4.78 is 25.6. The first-order valence-electron chi connectivity index (χ1n) is 25.4. The van der Waals surface area contributed by atoms with Crippen molar-refractivity contribution in [3.05, 3.63) is 117 Å². The molecule has 25 heteroatoms. The summed E-state index contributed by atoms with van der Waals surface area (Å²) in [7, 11) is 2.60. The summed E-state index contributed by atoms with van der Waals surface area (Å²) in [6, 6.07) is 18.9.